The highest BCUT2D eigenvalue weighted by Gasteiger charge is 2.34. The number of pyridine rings is 1. The van der Waals surface area contributed by atoms with Crippen molar-refractivity contribution >= 4 is 11.7 Å². The summed E-state index contributed by atoms with van der Waals surface area (Å²) < 4.78 is 0. The standard InChI is InChI=1S/C21H28N4O/c1-21(11-7-12-22-16-21)20(26)24-14-18-10-6-13-23-19(18)25(2)15-17-8-4-3-5-9-17/h3-6,8-10,13,22H,7,11-12,14-16H2,1-2H3,(H,24,26)/t21-/m0/s1. The lowest BCUT2D eigenvalue weighted by molar-refractivity contribution is -0.131. The molecular weight excluding hydrogens is 324 g/mol. The molecule has 0 unspecified atom stereocenters. The van der Waals surface area contributed by atoms with Gasteiger partial charge in [0.15, 0.2) is 0 Å². The Hall–Kier alpha value is -2.40. The lowest BCUT2D eigenvalue weighted by Crippen LogP contribution is -2.48. The van der Waals surface area contributed by atoms with Crippen LogP contribution in [0.4, 0.5) is 5.82 Å². The molecule has 26 heavy (non-hydrogen) atoms. The van der Waals surface area contributed by atoms with Crippen molar-refractivity contribution in [2.24, 2.45) is 5.41 Å². The van der Waals surface area contributed by atoms with Crippen LogP contribution in [0.1, 0.15) is 30.9 Å². The van der Waals surface area contributed by atoms with Gasteiger partial charge in [-0.2, -0.15) is 0 Å². The van der Waals surface area contributed by atoms with E-state index in [1.165, 1.54) is 5.56 Å². The van der Waals surface area contributed by atoms with Crippen LogP contribution in [0.15, 0.2) is 48.7 Å². The number of carbonyl (C=O) groups excluding carboxylic acids is 1. The molecule has 2 N–H and O–H groups in total. The SMILES string of the molecule is CN(Cc1ccccc1)c1ncccc1CNC(=O)[C@@]1(C)CCCNC1. The topological polar surface area (TPSA) is 57.3 Å². The van der Waals surface area contributed by atoms with Gasteiger partial charge in [0.25, 0.3) is 0 Å². The number of nitrogens with one attached hydrogen (secondary N) is 2. The molecule has 0 radical (unpaired) electrons. The van der Waals surface area contributed by atoms with Crippen LogP contribution in [0.3, 0.4) is 0 Å². The second kappa shape index (κ2) is 8.32. The Bertz CT molecular complexity index is 726. The highest BCUT2D eigenvalue weighted by atomic mass is 16.2. The molecule has 1 amide bonds. The molecule has 5 nitrogen and oxygen atoms in total. The van der Waals surface area contributed by atoms with E-state index in [0.717, 1.165) is 43.9 Å². The van der Waals surface area contributed by atoms with Gasteiger partial charge in [-0.1, -0.05) is 36.4 Å². The Morgan fingerprint density at radius 1 is 1.27 bits per heavy atom. The summed E-state index contributed by atoms with van der Waals surface area (Å²) >= 11 is 0. The van der Waals surface area contributed by atoms with Gasteiger partial charge in [-0.05, 0) is 37.9 Å². The fourth-order valence-corrected chi connectivity index (χ4v) is 3.48. The third kappa shape index (κ3) is 4.41. The molecule has 5 heteroatoms. The summed E-state index contributed by atoms with van der Waals surface area (Å²) in [4.78, 5) is 19.4. The van der Waals surface area contributed by atoms with Crippen molar-refractivity contribution in [2.45, 2.75) is 32.9 Å². The van der Waals surface area contributed by atoms with Gasteiger partial charge in [-0.25, -0.2) is 4.98 Å². The molecule has 0 bridgehead atoms. The Morgan fingerprint density at radius 3 is 2.81 bits per heavy atom. The van der Waals surface area contributed by atoms with E-state index in [4.69, 9.17) is 0 Å². The van der Waals surface area contributed by atoms with Gasteiger partial charge >= 0.3 is 0 Å². The zero-order chi connectivity index (χ0) is 18.4. The van der Waals surface area contributed by atoms with E-state index in [1.807, 2.05) is 44.3 Å². The van der Waals surface area contributed by atoms with Crippen LogP contribution in [0.5, 0.6) is 0 Å². The van der Waals surface area contributed by atoms with E-state index < -0.39 is 0 Å². The number of hydrogen-bond donors (Lipinski definition) is 2. The van der Waals surface area contributed by atoms with Crippen molar-refractivity contribution in [1.29, 1.82) is 0 Å². The summed E-state index contributed by atoms with van der Waals surface area (Å²) in [5.74, 6) is 1.02. The molecule has 1 aliphatic rings. The van der Waals surface area contributed by atoms with Gasteiger partial charge in [-0.15, -0.1) is 0 Å². The fourth-order valence-electron chi connectivity index (χ4n) is 3.48. The second-order valence-corrected chi connectivity index (χ2v) is 7.35. The summed E-state index contributed by atoms with van der Waals surface area (Å²) in [6.45, 7) is 5.06. The molecular formula is C21H28N4O. The van der Waals surface area contributed by atoms with Crippen LogP contribution in [-0.2, 0) is 17.9 Å². The number of nitrogens with zero attached hydrogens (tertiary/aromatic N) is 2. The first-order chi connectivity index (χ1) is 12.6. The Morgan fingerprint density at radius 2 is 2.08 bits per heavy atom. The van der Waals surface area contributed by atoms with Crippen molar-refractivity contribution in [3.63, 3.8) is 0 Å². The van der Waals surface area contributed by atoms with Gasteiger partial charge in [-0.3, -0.25) is 4.79 Å². The van der Waals surface area contributed by atoms with Crippen LogP contribution < -0.4 is 15.5 Å². The molecule has 1 fully saturated rings. The average molecular weight is 352 g/mol. The van der Waals surface area contributed by atoms with Crippen molar-refractivity contribution in [1.82, 2.24) is 15.6 Å². The molecule has 3 rings (SSSR count). The van der Waals surface area contributed by atoms with Gasteiger partial charge < -0.3 is 15.5 Å². The highest BCUT2D eigenvalue weighted by molar-refractivity contribution is 5.82. The highest BCUT2D eigenvalue weighted by Crippen LogP contribution is 2.26. The molecule has 0 saturated carbocycles. The second-order valence-electron chi connectivity index (χ2n) is 7.35. The maximum absolute atomic E-state index is 12.7. The van der Waals surface area contributed by atoms with Crippen molar-refractivity contribution in [3.8, 4) is 0 Å². The number of anilines is 1. The number of benzene rings is 1. The Balaban J connectivity index is 1.66. The number of aromatic nitrogens is 1. The third-order valence-corrected chi connectivity index (χ3v) is 5.08. The first kappa shape index (κ1) is 18.4. The molecule has 1 atom stereocenters. The molecule has 2 heterocycles. The lowest BCUT2D eigenvalue weighted by Gasteiger charge is -2.32. The summed E-state index contributed by atoms with van der Waals surface area (Å²) in [6.07, 6.45) is 3.77. The number of hydrogen-bond acceptors (Lipinski definition) is 4. The monoisotopic (exact) mass is 352 g/mol. The molecule has 1 saturated heterocycles. The smallest absolute Gasteiger partial charge is 0.227 e. The molecule has 1 aromatic carbocycles. The Kier molecular flexibility index (Phi) is 5.89. The Labute approximate surface area is 155 Å². The number of piperidine rings is 1. The molecule has 1 aromatic heterocycles. The van der Waals surface area contributed by atoms with Crippen LogP contribution in [-0.4, -0.2) is 31.0 Å². The minimum Gasteiger partial charge on any atom is -0.355 e. The summed E-state index contributed by atoms with van der Waals surface area (Å²) in [5.41, 5.74) is 1.94. The minimum absolute atomic E-state index is 0.116. The van der Waals surface area contributed by atoms with E-state index in [-0.39, 0.29) is 11.3 Å². The zero-order valence-corrected chi connectivity index (χ0v) is 15.7. The van der Waals surface area contributed by atoms with Crippen LogP contribution in [0, 0.1) is 5.41 Å². The summed E-state index contributed by atoms with van der Waals surface area (Å²) in [6, 6.07) is 14.3. The lowest BCUT2D eigenvalue weighted by atomic mass is 9.82. The van der Waals surface area contributed by atoms with Crippen molar-refractivity contribution in [3.05, 3.63) is 59.8 Å². The maximum Gasteiger partial charge on any atom is 0.227 e. The first-order valence-corrected chi connectivity index (χ1v) is 9.26. The molecule has 0 aliphatic carbocycles. The van der Waals surface area contributed by atoms with E-state index in [9.17, 15) is 4.79 Å². The van der Waals surface area contributed by atoms with Gasteiger partial charge in [0, 0.05) is 38.4 Å². The summed E-state index contributed by atoms with van der Waals surface area (Å²) in [7, 11) is 2.03. The number of rotatable bonds is 6. The molecule has 0 spiro atoms. The minimum atomic E-state index is -0.323. The van der Waals surface area contributed by atoms with E-state index in [2.05, 4.69) is 32.7 Å². The van der Waals surface area contributed by atoms with Gasteiger partial charge in [0.2, 0.25) is 5.91 Å². The molecule has 2 aromatic rings. The number of amides is 1. The van der Waals surface area contributed by atoms with E-state index in [1.54, 1.807) is 6.20 Å². The summed E-state index contributed by atoms with van der Waals surface area (Å²) in [5, 5.41) is 6.45. The van der Waals surface area contributed by atoms with Gasteiger partial charge in [0.1, 0.15) is 5.82 Å². The van der Waals surface area contributed by atoms with E-state index >= 15 is 0 Å². The third-order valence-electron chi connectivity index (χ3n) is 5.08. The quantitative estimate of drug-likeness (QED) is 0.839. The van der Waals surface area contributed by atoms with Crippen LogP contribution >= 0.6 is 0 Å². The normalized spacial score (nSPS) is 19.8. The predicted molar refractivity (Wildman–Crippen MR) is 105 cm³/mol. The number of carbonyl (C=O) groups is 1. The van der Waals surface area contributed by atoms with Crippen LogP contribution in [0.25, 0.3) is 0 Å². The van der Waals surface area contributed by atoms with Crippen molar-refractivity contribution in [2.75, 3.05) is 25.0 Å². The fraction of sp³-hybridized carbons (Fsp3) is 0.429. The van der Waals surface area contributed by atoms with Crippen LogP contribution in [0.2, 0.25) is 0 Å². The van der Waals surface area contributed by atoms with Crippen molar-refractivity contribution < 1.29 is 4.79 Å². The molecule has 1 aliphatic heterocycles. The average Bonchev–Trinajstić information content (AvgIpc) is 2.67. The zero-order valence-electron chi connectivity index (χ0n) is 15.7. The van der Waals surface area contributed by atoms with Gasteiger partial charge in [0.05, 0.1) is 5.41 Å². The largest absolute Gasteiger partial charge is 0.355 e. The molecule has 138 valence electrons. The predicted octanol–water partition coefficient (Wildman–Crippen LogP) is 2.72. The first-order valence-electron chi connectivity index (χ1n) is 9.26. The van der Waals surface area contributed by atoms with E-state index in [0.29, 0.717) is 6.54 Å². The maximum atomic E-state index is 12.7.